The molecule has 1 aliphatic rings. The molecule has 1 unspecified atom stereocenters. The maximum atomic E-state index is 11.6. The second kappa shape index (κ2) is 4.36. The Bertz CT molecular complexity index is 564. The lowest BCUT2D eigenvalue weighted by Crippen LogP contribution is -2.34. The van der Waals surface area contributed by atoms with Crippen LogP contribution >= 0.6 is 15.9 Å². The summed E-state index contributed by atoms with van der Waals surface area (Å²) < 4.78 is 1.61. The molecule has 0 bridgehead atoms. The minimum absolute atomic E-state index is 0.230. The van der Waals surface area contributed by atoms with Crippen LogP contribution in [0, 0.1) is 0 Å². The first-order chi connectivity index (χ1) is 7.99. The molecule has 1 fully saturated rings. The van der Waals surface area contributed by atoms with E-state index in [2.05, 4.69) is 20.9 Å². The normalized spacial score (nSPS) is 19.6. The topological polar surface area (TPSA) is 95.4 Å². The highest BCUT2D eigenvalue weighted by atomic mass is 79.9. The summed E-state index contributed by atoms with van der Waals surface area (Å²) in [6.07, 6.45) is 0.964. The monoisotopic (exact) mass is 303 g/mol. The van der Waals surface area contributed by atoms with Crippen molar-refractivity contribution in [3.05, 3.63) is 31.5 Å². The Balaban J connectivity index is 2.31. The summed E-state index contributed by atoms with van der Waals surface area (Å²) >= 11 is 3.04. The number of aromatic amines is 1. The zero-order valence-electron chi connectivity index (χ0n) is 8.72. The molecular weight excluding hydrogens is 294 g/mol. The summed E-state index contributed by atoms with van der Waals surface area (Å²) in [6, 6.07) is -0.230. The van der Waals surface area contributed by atoms with Gasteiger partial charge >= 0.3 is 11.8 Å². The molecule has 0 saturated carbocycles. The van der Waals surface area contributed by atoms with Gasteiger partial charge in [0.25, 0.3) is 5.56 Å². The van der Waals surface area contributed by atoms with Crippen LogP contribution in [0.5, 0.6) is 0 Å². The minimum atomic E-state index is -0.996. The highest BCUT2D eigenvalue weighted by Crippen LogP contribution is 2.20. The molecule has 1 aromatic heterocycles. The molecule has 0 aliphatic carbocycles. The second-order valence-corrected chi connectivity index (χ2v) is 4.67. The van der Waals surface area contributed by atoms with Gasteiger partial charge in [0.15, 0.2) is 0 Å². The van der Waals surface area contributed by atoms with Gasteiger partial charge in [-0.3, -0.25) is 14.3 Å². The molecule has 1 aromatic rings. The summed E-state index contributed by atoms with van der Waals surface area (Å²) in [5.74, 6) is 0. The fourth-order valence-electron chi connectivity index (χ4n) is 1.87. The molecule has 17 heavy (non-hydrogen) atoms. The molecule has 1 atom stereocenters. The largest absolute Gasteiger partial charge is 0.465 e. The van der Waals surface area contributed by atoms with E-state index in [4.69, 9.17) is 5.11 Å². The quantitative estimate of drug-likeness (QED) is 0.776. The predicted molar refractivity (Wildman–Crippen MR) is 62.3 cm³/mol. The lowest BCUT2D eigenvalue weighted by atomic mass is 10.2. The van der Waals surface area contributed by atoms with Gasteiger partial charge in [-0.1, -0.05) is 0 Å². The van der Waals surface area contributed by atoms with Crippen molar-refractivity contribution in [2.45, 2.75) is 12.5 Å². The van der Waals surface area contributed by atoms with Crippen LogP contribution < -0.4 is 11.2 Å². The number of aromatic nitrogens is 2. The van der Waals surface area contributed by atoms with Crippen molar-refractivity contribution in [1.29, 1.82) is 0 Å². The van der Waals surface area contributed by atoms with Crippen molar-refractivity contribution < 1.29 is 9.90 Å². The number of hydrogen-bond acceptors (Lipinski definition) is 3. The second-order valence-electron chi connectivity index (χ2n) is 3.81. The third kappa shape index (κ3) is 2.26. The van der Waals surface area contributed by atoms with Crippen molar-refractivity contribution in [1.82, 2.24) is 14.5 Å². The van der Waals surface area contributed by atoms with Crippen molar-refractivity contribution in [2.75, 3.05) is 13.1 Å². The van der Waals surface area contributed by atoms with Gasteiger partial charge in [-0.05, 0) is 22.4 Å². The number of H-pyrrole nitrogens is 1. The van der Waals surface area contributed by atoms with Crippen molar-refractivity contribution >= 4 is 22.0 Å². The number of nitrogens with one attached hydrogen (secondary N) is 1. The number of carboxylic acid groups (broad SMARTS) is 1. The summed E-state index contributed by atoms with van der Waals surface area (Å²) in [5.41, 5.74) is -1.00. The molecule has 1 aliphatic heterocycles. The van der Waals surface area contributed by atoms with E-state index in [-0.39, 0.29) is 17.1 Å². The van der Waals surface area contributed by atoms with E-state index in [1.165, 1.54) is 15.7 Å². The molecule has 1 saturated heterocycles. The standard InChI is InChI=1S/C9H10BrN3O4/c10-6-4-13(8(15)11-7(6)14)5-1-2-12(3-5)9(16)17/h4-5H,1-3H2,(H,16,17)(H,11,14,15). The lowest BCUT2D eigenvalue weighted by molar-refractivity contribution is 0.154. The van der Waals surface area contributed by atoms with Gasteiger partial charge in [-0.15, -0.1) is 0 Å². The smallest absolute Gasteiger partial charge is 0.407 e. The van der Waals surface area contributed by atoms with Crippen LogP contribution in [0.2, 0.25) is 0 Å². The van der Waals surface area contributed by atoms with E-state index in [1.807, 2.05) is 0 Å². The Morgan fingerprint density at radius 2 is 2.24 bits per heavy atom. The minimum Gasteiger partial charge on any atom is -0.465 e. The van der Waals surface area contributed by atoms with Crippen molar-refractivity contribution in [3.8, 4) is 0 Å². The molecule has 0 radical (unpaired) electrons. The average molecular weight is 304 g/mol. The Hall–Kier alpha value is -1.57. The van der Waals surface area contributed by atoms with Gasteiger partial charge in [-0.2, -0.15) is 0 Å². The Kier molecular flexibility index (Phi) is 3.05. The maximum Gasteiger partial charge on any atom is 0.407 e. The molecule has 0 aromatic carbocycles. The first-order valence-corrected chi connectivity index (χ1v) is 5.77. The zero-order chi connectivity index (χ0) is 12.6. The third-order valence-corrected chi connectivity index (χ3v) is 3.32. The molecule has 0 spiro atoms. The molecule has 2 N–H and O–H groups in total. The van der Waals surface area contributed by atoms with E-state index >= 15 is 0 Å². The molecule has 1 amide bonds. The van der Waals surface area contributed by atoms with Gasteiger partial charge < -0.3 is 10.0 Å². The summed E-state index contributed by atoms with van der Waals surface area (Å²) in [6.45, 7) is 0.650. The number of hydrogen-bond donors (Lipinski definition) is 2. The molecule has 2 heterocycles. The summed E-state index contributed by atoms with van der Waals surface area (Å²) in [7, 11) is 0. The maximum absolute atomic E-state index is 11.6. The number of rotatable bonds is 1. The van der Waals surface area contributed by atoms with Crippen LogP contribution in [0.4, 0.5) is 4.79 Å². The Labute approximate surface area is 104 Å². The van der Waals surface area contributed by atoms with Gasteiger partial charge in [0.05, 0.1) is 10.5 Å². The van der Waals surface area contributed by atoms with Crippen LogP contribution in [0.15, 0.2) is 20.3 Å². The lowest BCUT2D eigenvalue weighted by Gasteiger charge is -2.14. The fourth-order valence-corrected chi connectivity index (χ4v) is 2.19. The molecule has 92 valence electrons. The Morgan fingerprint density at radius 1 is 1.53 bits per heavy atom. The van der Waals surface area contributed by atoms with Crippen LogP contribution in [-0.2, 0) is 0 Å². The van der Waals surface area contributed by atoms with Crippen LogP contribution in [-0.4, -0.2) is 38.7 Å². The summed E-state index contributed by atoms with van der Waals surface area (Å²) in [5, 5.41) is 8.82. The molecular formula is C9H10BrN3O4. The van der Waals surface area contributed by atoms with Crippen molar-refractivity contribution in [3.63, 3.8) is 0 Å². The van der Waals surface area contributed by atoms with E-state index in [0.29, 0.717) is 13.0 Å². The number of carbonyl (C=O) groups is 1. The number of amides is 1. The van der Waals surface area contributed by atoms with Crippen LogP contribution in [0.1, 0.15) is 12.5 Å². The molecule has 2 rings (SSSR count). The van der Waals surface area contributed by atoms with Gasteiger partial charge in [0.2, 0.25) is 0 Å². The van der Waals surface area contributed by atoms with E-state index < -0.39 is 17.3 Å². The zero-order valence-corrected chi connectivity index (χ0v) is 10.3. The van der Waals surface area contributed by atoms with Gasteiger partial charge in [0, 0.05) is 19.3 Å². The number of nitrogens with zero attached hydrogens (tertiary/aromatic N) is 2. The number of likely N-dealkylation sites (tertiary alicyclic amines) is 1. The third-order valence-electron chi connectivity index (χ3n) is 2.75. The van der Waals surface area contributed by atoms with Crippen LogP contribution in [0.25, 0.3) is 0 Å². The highest BCUT2D eigenvalue weighted by molar-refractivity contribution is 9.10. The van der Waals surface area contributed by atoms with Gasteiger partial charge in [0.1, 0.15) is 0 Å². The fraction of sp³-hybridized carbons (Fsp3) is 0.444. The first kappa shape index (κ1) is 11.9. The Morgan fingerprint density at radius 3 is 2.82 bits per heavy atom. The van der Waals surface area contributed by atoms with E-state index in [9.17, 15) is 14.4 Å². The van der Waals surface area contributed by atoms with Crippen LogP contribution in [0.3, 0.4) is 0 Å². The van der Waals surface area contributed by atoms with E-state index in [0.717, 1.165) is 0 Å². The molecule has 8 heteroatoms. The van der Waals surface area contributed by atoms with Crippen molar-refractivity contribution in [2.24, 2.45) is 0 Å². The predicted octanol–water partition coefficient (Wildman–Crippen LogP) is 0.224. The van der Waals surface area contributed by atoms with Gasteiger partial charge in [-0.25, -0.2) is 9.59 Å². The number of halogens is 1. The molecule has 7 nitrogen and oxygen atoms in total. The first-order valence-electron chi connectivity index (χ1n) is 4.98. The highest BCUT2D eigenvalue weighted by Gasteiger charge is 2.27. The average Bonchev–Trinajstić information content (AvgIpc) is 2.72. The van der Waals surface area contributed by atoms with E-state index in [1.54, 1.807) is 0 Å². The SMILES string of the molecule is O=C(O)N1CCC(n2cc(Br)c(=O)[nH]c2=O)C1. The summed E-state index contributed by atoms with van der Waals surface area (Å²) in [4.78, 5) is 36.9.